The van der Waals surface area contributed by atoms with Gasteiger partial charge in [0, 0.05) is 0 Å². The molecule has 0 aliphatic carbocycles. The first-order valence-electron chi connectivity index (χ1n) is 3.64. The second kappa shape index (κ2) is 9.38. The molecule has 1 atom stereocenters. The Morgan fingerprint density at radius 3 is 2.22 bits per heavy atom. The molecule has 51 valence electrons. The van der Waals surface area contributed by atoms with Crippen LogP contribution in [0.4, 0.5) is 0 Å². The average Bonchev–Trinajstić information content (AvgIpc) is 1.83. The molecule has 9 heavy (non-hydrogen) atoms. The van der Waals surface area contributed by atoms with Crippen LogP contribution in [0.15, 0.2) is 0 Å². The Morgan fingerprint density at radius 1 is 1.33 bits per heavy atom. The second-order valence-electron chi connectivity index (χ2n) is 2.42. The van der Waals surface area contributed by atoms with E-state index in [0.29, 0.717) is 5.92 Å². The standard InChI is InChI=1S/C8H17.Ce/c1-4-6-7-8(3)5-2;/h8H,3-7H2,1-2H3;/q-1;+3. The molecule has 0 nitrogen and oxygen atoms in total. The second-order valence-corrected chi connectivity index (χ2v) is 2.42. The van der Waals surface area contributed by atoms with Crippen LogP contribution < -0.4 is 0 Å². The van der Waals surface area contributed by atoms with Crippen LogP contribution in [0.25, 0.3) is 0 Å². The quantitative estimate of drug-likeness (QED) is 0.676. The summed E-state index contributed by atoms with van der Waals surface area (Å²) in [6.07, 6.45) is 5.21. The van der Waals surface area contributed by atoms with Gasteiger partial charge in [0.05, 0.1) is 0 Å². The molecule has 0 saturated carbocycles. The number of rotatable bonds is 4. The van der Waals surface area contributed by atoms with Gasteiger partial charge in [-0.1, -0.05) is 39.5 Å². The van der Waals surface area contributed by atoms with Crippen LogP contribution in [0.3, 0.4) is 0 Å². The number of hydrogen-bond acceptors (Lipinski definition) is 0. The van der Waals surface area contributed by atoms with Crippen molar-refractivity contribution in [3.8, 4) is 0 Å². The molecule has 0 saturated heterocycles. The number of hydrogen-bond donors (Lipinski definition) is 0. The first-order chi connectivity index (χ1) is 3.81. The van der Waals surface area contributed by atoms with E-state index in [9.17, 15) is 0 Å². The van der Waals surface area contributed by atoms with Crippen molar-refractivity contribution in [3.63, 3.8) is 0 Å². The van der Waals surface area contributed by atoms with E-state index >= 15 is 0 Å². The molecule has 0 aliphatic heterocycles. The summed E-state index contributed by atoms with van der Waals surface area (Å²) >= 11 is 0. The predicted molar refractivity (Wildman–Crippen MR) is 38.7 cm³/mol. The van der Waals surface area contributed by atoms with Gasteiger partial charge in [0.1, 0.15) is 0 Å². The molecule has 0 aromatic heterocycles. The largest absolute Gasteiger partial charge is 3.00 e. The Morgan fingerprint density at radius 2 is 1.89 bits per heavy atom. The maximum absolute atomic E-state index is 3.99. The van der Waals surface area contributed by atoms with Gasteiger partial charge in [-0.2, -0.15) is 5.92 Å². The Hall–Kier alpha value is 1.38. The summed E-state index contributed by atoms with van der Waals surface area (Å²) in [5.41, 5.74) is 0. The normalized spacial score (nSPS) is 12.3. The van der Waals surface area contributed by atoms with Gasteiger partial charge in [-0.3, -0.25) is 0 Å². The molecule has 0 aliphatic rings. The van der Waals surface area contributed by atoms with E-state index in [-0.39, 0.29) is 41.7 Å². The van der Waals surface area contributed by atoms with E-state index in [4.69, 9.17) is 0 Å². The molecular weight excluding hydrogens is 236 g/mol. The Bertz CT molecular complexity index is 43.8. The zero-order valence-corrected chi connectivity index (χ0v) is 9.75. The van der Waals surface area contributed by atoms with Crippen molar-refractivity contribution in [2.75, 3.05) is 0 Å². The van der Waals surface area contributed by atoms with Crippen molar-refractivity contribution in [2.45, 2.75) is 39.5 Å². The van der Waals surface area contributed by atoms with E-state index in [0.717, 1.165) is 0 Å². The molecule has 0 rings (SSSR count). The zero-order valence-electron chi connectivity index (χ0n) is 6.61. The van der Waals surface area contributed by atoms with Crippen molar-refractivity contribution in [1.29, 1.82) is 0 Å². The Balaban J connectivity index is 0. The van der Waals surface area contributed by atoms with Gasteiger partial charge < -0.3 is 6.92 Å². The summed E-state index contributed by atoms with van der Waals surface area (Å²) in [6, 6.07) is 0. The smallest absolute Gasteiger partial charge is 0.340 e. The van der Waals surface area contributed by atoms with Crippen molar-refractivity contribution in [2.24, 2.45) is 5.92 Å². The van der Waals surface area contributed by atoms with Crippen molar-refractivity contribution in [3.05, 3.63) is 6.92 Å². The molecule has 0 fully saturated rings. The fraction of sp³-hybridized carbons (Fsp3) is 0.875. The summed E-state index contributed by atoms with van der Waals surface area (Å²) in [6.45, 7) is 8.42. The molecule has 0 heterocycles. The first kappa shape index (κ1) is 13.0. The average molecular weight is 253 g/mol. The van der Waals surface area contributed by atoms with Crippen LogP contribution in [0, 0.1) is 54.6 Å². The third-order valence-corrected chi connectivity index (χ3v) is 1.54. The van der Waals surface area contributed by atoms with E-state index in [1.807, 2.05) is 0 Å². The van der Waals surface area contributed by atoms with Crippen LogP contribution in [0.1, 0.15) is 39.5 Å². The van der Waals surface area contributed by atoms with Crippen molar-refractivity contribution in [1.82, 2.24) is 0 Å². The fourth-order valence-electron chi connectivity index (χ4n) is 0.697. The predicted octanol–water partition coefficient (Wildman–Crippen LogP) is 3.04. The van der Waals surface area contributed by atoms with Gasteiger partial charge >= 0.3 is 41.7 Å². The minimum atomic E-state index is 0. The molecule has 0 aromatic carbocycles. The van der Waals surface area contributed by atoms with Crippen molar-refractivity contribution < 1.29 is 41.7 Å². The van der Waals surface area contributed by atoms with Crippen LogP contribution in [0.2, 0.25) is 0 Å². The third-order valence-electron chi connectivity index (χ3n) is 1.54. The molecule has 1 unspecified atom stereocenters. The molecule has 0 bridgehead atoms. The van der Waals surface area contributed by atoms with Gasteiger partial charge in [0.25, 0.3) is 0 Å². The van der Waals surface area contributed by atoms with E-state index in [1.165, 1.54) is 25.7 Å². The van der Waals surface area contributed by atoms with E-state index in [1.54, 1.807) is 0 Å². The minimum absolute atomic E-state index is 0. The van der Waals surface area contributed by atoms with Crippen molar-refractivity contribution >= 4 is 0 Å². The monoisotopic (exact) mass is 253 g/mol. The van der Waals surface area contributed by atoms with E-state index < -0.39 is 0 Å². The molecule has 1 heteroatoms. The molecule has 0 N–H and O–H groups in total. The Labute approximate surface area is 93.2 Å². The minimum Gasteiger partial charge on any atom is -0.340 e. The molecule has 1 radical (unpaired) electrons. The van der Waals surface area contributed by atoms with Crippen LogP contribution in [-0.4, -0.2) is 0 Å². The van der Waals surface area contributed by atoms with Crippen LogP contribution in [-0.2, 0) is 0 Å². The van der Waals surface area contributed by atoms with Crippen LogP contribution in [0.5, 0.6) is 0 Å². The van der Waals surface area contributed by atoms with Gasteiger partial charge in [-0.25, -0.2) is 0 Å². The first-order valence-corrected chi connectivity index (χ1v) is 3.64. The molecule has 0 spiro atoms. The Kier molecular flexibility index (Phi) is 13.5. The summed E-state index contributed by atoms with van der Waals surface area (Å²) < 4.78 is 0. The summed E-state index contributed by atoms with van der Waals surface area (Å²) in [4.78, 5) is 0. The summed E-state index contributed by atoms with van der Waals surface area (Å²) in [5.74, 6) is 0.704. The SMILES string of the molecule is [CH2-]C(CC)CCCC.[Ce+3]. The maximum Gasteiger partial charge on any atom is 3.00 e. The van der Waals surface area contributed by atoms with Gasteiger partial charge in [-0.15, -0.1) is 0 Å². The van der Waals surface area contributed by atoms with Gasteiger partial charge in [-0.05, 0) is 0 Å². The van der Waals surface area contributed by atoms with Gasteiger partial charge in [0.2, 0.25) is 0 Å². The number of unbranched alkanes of at least 4 members (excludes halogenated alkanes) is 1. The zero-order chi connectivity index (χ0) is 6.41. The maximum atomic E-state index is 3.99. The fourth-order valence-corrected chi connectivity index (χ4v) is 0.697. The van der Waals surface area contributed by atoms with Crippen LogP contribution >= 0.6 is 0 Å². The van der Waals surface area contributed by atoms with E-state index in [2.05, 4.69) is 20.8 Å². The molecular formula is C8H17Ce+2. The molecule has 0 amide bonds. The topological polar surface area (TPSA) is 0 Å². The summed E-state index contributed by atoms with van der Waals surface area (Å²) in [7, 11) is 0. The summed E-state index contributed by atoms with van der Waals surface area (Å²) in [5, 5.41) is 0. The van der Waals surface area contributed by atoms with Gasteiger partial charge in [0.15, 0.2) is 0 Å². The molecule has 0 aromatic rings. The third kappa shape index (κ3) is 9.38.